The van der Waals surface area contributed by atoms with Crippen LogP contribution in [-0.2, 0) is 4.43 Å². The molecule has 0 N–H and O–H groups in total. The maximum atomic E-state index is 6.10. The first-order chi connectivity index (χ1) is 6.31. The fourth-order valence-corrected chi connectivity index (χ4v) is 2.95. The Morgan fingerprint density at radius 3 is 1.53 bits per heavy atom. The van der Waals surface area contributed by atoms with Crippen LogP contribution in [0.25, 0.3) is 0 Å². The summed E-state index contributed by atoms with van der Waals surface area (Å²) in [6, 6.07) is 0. The molecular weight excluding hydrogens is 218 g/mol. The van der Waals surface area contributed by atoms with Gasteiger partial charge in [0.1, 0.15) is 0 Å². The van der Waals surface area contributed by atoms with Gasteiger partial charge in [0, 0.05) is 5.41 Å². The Morgan fingerprint density at radius 2 is 1.33 bits per heavy atom. The van der Waals surface area contributed by atoms with E-state index < -0.39 is 16.6 Å². The molecule has 0 aromatic rings. The van der Waals surface area contributed by atoms with Crippen molar-refractivity contribution in [3.05, 3.63) is 0 Å². The molecule has 90 valence electrons. The van der Waals surface area contributed by atoms with Crippen molar-refractivity contribution in [1.82, 2.24) is 0 Å². The molecule has 0 bridgehead atoms. The van der Waals surface area contributed by atoms with Gasteiger partial charge in [0.2, 0.25) is 8.32 Å². The van der Waals surface area contributed by atoms with Crippen molar-refractivity contribution < 1.29 is 4.43 Å². The lowest BCUT2D eigenvalue weighted by molar-refractivity contribution is 0.432. The van der Waals surface area contributed by atoms with Crippen molar-refractivity contribution in [3.63, 3.8) is 0 Å². The van der Waals surface area contributed by atoms with Gasteiger partial charge in [-0.15, -0.1) is 0 Å². The average molecular weight is 246 g/mol. The van der Waals surface area contributed by atoms with Crippen molar-refractivity contribution in [2.45, 2.75) is 60.1 Å². The van der Waals surface area contributed by atoms with Crippen LogP contribution in [0.3, 0.4) is 0 Å². The van der Waals surface area contributed by atoms with E-state index in [1.54, 1.807) is 0 Å². The van der Waals surface area contributed by atoms with Crippen LogP contribution in [0.4, 0.5) is 0 Å². The fourth-order valence-electron chi connectivity index (χ4n) is 0.938. The molecule has 0 amide bonds. The summed E-state index contributed by atoms with van der Waals surface area (Å²) >= 11 is 0. The summed E-state index contributed by atoms with van der Waals surface area (Å²) in [6.45, 7) is 19.9. The second-order valence-electron chi connectivity index (χ2n) is 7.05. The first-order valence-corrected chi connectivity index (χ1v) is 12.5. The van der Waals surface area contributed by atoms with Gasteiger partial charge in [0.05, 0.1) is 0 Å². The fraction of sp³-hybridized carbons (Fsp3) is 0.909. The van der Waals surface area contributed by atoms with Crippen molar-refractivity contribution in [2.75, 3.05) is 0 Å². The number of nitrogens with zero attached hydrogens (tertiary/aromatic N) is 1. The SMILES string of the molecule is CC(C)(C)/C(=N\[Si](C)(C)C)O[Si](C)(C)C. The van der Waals surface area contributed by atoms with Crippen LogP contribution in [0.5, 0.6) is 0 Å². The highest BCUT2D eigenvalue weighted by molar-refractivity contribution is 6.76. The highest BCUT2D eigenvalue weighted by Crippen LogP contribution is 2.22. The Morgan fingerprint density at radius 1 is 0.933 bits per heavy atom. The normalized spacial score (nSPS) is 15.4. The van der Waals surface area contributed by atoms with Crippen LogP contribution in [0, 0.1) is 5.41 Å². The first-order valence-electron chi connectivity index (χ1n) is 5.61. The molecule has 0 radical (unpaired) electrons. The van der Waals surface area contributed by atoms with E-state index in [1.165, 1.54) is 0 Å². The monoisotopic (exact) mass is 245 g/mol. The number of hydrogen-bond donors (Lipinski definition) is 0. The van der Waals surface area contributed by atoms with Crippen LogP contribution in [-0.4, -0.2) is 22.5 Å². The second kappa shape index (κ2) is 4.41. The molecule has 0 aromatic heterocycles. The average Bonchev–Trinajstić information content (AvgIpc) is 1.75. The van der Waals surface area contributed by atoms with Crippen molar-refractivity contribution >= 4 is 22.5 Å². The summed E-state index contributed by atoms with van der Waals surface area (Å²) in [5.41, 5.74) is 0.0283. The zero-order valence-electron chi connectivity index (χ0n) is 11.9. The van der Waals surface area contributed by atoms with E-state index in [2.05, 4.69) is 60.1 Å². The first kappa shape index (κ1) is 14.9. The van der Waals surface area contributed by atoms with E-state index in [9.17, 15) is 0 Å². The molecule has 0 unspecified atom stereocenters. The molecular formula is C11H27NOSi2. The van der Waals surface area contributed by atoms with Gasteiger partial charge < -0.3 is 4.43 Å². The van der Waals surface area contributed by atoms with Gasteiger partial charge in [0.15, 0.2) is 14.1 Å². The van der Waals surface area contributed by atoms with E-state index in [0.717, 1.165) is 5.90 Å². The van der Waals surface area contributed by atoms with Gasteiger partial charge in [-0.1, -0.05) is 20.8 Å². The Balaban J connectivity index is 5.02. The lowest BCUT2D eigenvalue weighted by Crippen LogP contribution is -2.38. The zero-order chi connectivity index (χ0) is 12.5. The Kier molecular flexibility index (Phi) is 4.38. The van der Waals surface area contributed by atoms with Crippen molar-refractivity contribution in [3.8, 4) is 0 Å². The molecule has 0 saturated heterocycles. The third kappa shape index (κ3) is 7.79. The minimum atomic E-state index is -1.54. The quantitative estimate of drug-likeness (QED) is 0.407. The van der Waals surface area contributed by atoms with Crippen LogP contribution in [0.2, 0.25) is 39.3 Å². The minimum Gasteiger partial charge on any atom is -0.535 e. The van der Waals surface area contributed by atoms with Gasteiger partial charge in [-0.2, -0.15) is 0 Å². The largest absolute Gasteiger partial charge is 0.535 e. The van der Waals surface area contributed by atoms with Gasteiger partial charge in [0.25, 0.3) is 0 Å². The van der Waals surface area contributed by atoms with Crippen LogP contribution < -0.4 is 0 Å². The maximum Gasteiger partial charge on any atom is 0.243 e. The highest BCUT2D eigenvalue weighted by Gasteiger charge is 2.29. The van der Waals surface area contributed by atoms with Gasteiger partial charge >= 0.3 is 0 Å². The van der Waals surface area contributed by atoms with Gasteiger partial charge in [-0.3, -0.25) is 4.66 Å². The highest BCUT2D eigenvalue weighted by atomic mass is 28.4. The zero-order valence-corrected chi connectivity index (χ0v) is 13.9. The van der Waals surface area contributed by atoms with E-state index >= 15 is 0 Å². The third-order valence-electron chi connectivity index (χ3n) is 1.48. The molecule has 2 nitrogen and oxygen atoms in total. The van der Waals surface area contributed by atoms with E-state index in [1.807, 2.05) is 0 Å². The Bertz CT molecular complexity index is 241. The summed E-state index contributed by atoms with van der Waals surface area (Å²) in [6.07, 6.45) is 0. The van der Waals surface area contributed by atoms with E-state index in [0.29, 0.717) is 0 Å². The molecule has 0 fully saturated rings. The number of hydrogen-bond acceptors (Lipinski definition) is 2. The van der Waals surface area contributed by atoms with Crippen LogP contribution >= 0.6 is 0 Å². The molecule has 4 heteroatoms. The molecule has 0 aliphatic rings. The topological polar surface area (TPSA) is 21.6 Å². The Hall–Kier alpha value is -0.0962. The minimum absolute atomic E-state index is 0.0283. The van der Waals surface area contributed by atoms with Crippen LogP contribution in [0.15, 0.2) is 4.66 Å². The van der Waals surface area contributed by atoms with Crippen molar-refractivity contribution in [1.29, 1.82) is 0 Å². The molecule has 0 aliphatic carbocycles. The smallest absolute Gasteiger partial charge is 0.243 e. The Labute approximate surface area is 97.4 Å². The molecule has 0 aromatic carbocycles. The summed E-state index contributed by atoms with van der Waals surface area (Å²) < 4.78 is 10.9. The standard InChI is InChI=1S/C11H27NOSi2/c1-11(2,3)10(12-14(4,5)6)13-15(7,8)9/h1-9H3/b12-10+. The van der Waals surface area contributed by atoms with Gasteiger partial charge in [-0.25, -0.2) is 0 Å². The van der Waals surface area contributed by atoms with Crippen molar-refractivity contribution in [2.24, 2.45) is 10.1 Å². The molecule has 0 aliphatic heterocycles. The summed E-state index contributed by atoms with van der Waals surface area (Å²) in [7, 11) is -2.98. The molecule has 0 heterocycles. The predicted molar refractivity (Wildman–Crippen MR) is 74.7 cm³/mol. The van der Waals surface area contributed by atoms with Gasteiger partial charge in [-0.05, 0) is 39.3 Å². The van der Waals surface area contributed by atoms with E-state index in [4.69, 9.17) is 9.08 Å². The lowest BCUT2D eigenvalue weighted by atomic mass is 9.97. The maximum absolute atomic E-state index is 6.10. The molecule has 15 heavy (non-hydrogen) atoms. The van der Waals surface area contributed by atoms with Crippen LogP contribution in [0.1, 0.15) is 20.8 Å². The van der Waals surface area contributed by atoms with E-state index in [-0.39, 0.29) is 5.41 Å². The summed E-state index contributed by atoms with van der Waals surface area (Å²) in [5.74, 6) is 0.959. The summed E-state index contributed by atoms with van der Waals surface area (Å²) in [5, 5.41) is 0. The molecule has 0 atom stereocenters. The molecule has 0 rings (SSSR count). The molecule has 0 saturated carbocycles. The summed E-state index contributed by atoms with van der Waals surface area (Å²) in [4.78, 5) is 0. The third-order valence-corrected chi connectivity index (χ3v) is 3.16. The lowest BCUT2D eigenvalue weighted by Gasteiger charge is -2.30. The molecule has 0 spiro atoms. The second-order valence-corrected chi connectivity index (χ2v) is 16.0. The predicted octanol–water partition coefficient (Wildman–Crippen LogP) is 4.12. The number of rotatable bonds is 2.